The van der Waals surface area contributed by atoms with Crippen LogP contribution in [0.25, 0.3) is 0 Å². The van der Waals surface area contributed by atoms with E-state index >= 15 is 0 Å². The molecule has 6 heteroatoms. The van der Waals surface area contributed by atoms with Gasteiger partial charge < -0.3 is 16.2 Å². The normalized spacial score (nSPS) is 11.4. The molecule has 0 aromatic carbocycles. The zero-order valence-electron chi connectivity index (χ0n) is 11.4. The highest BCUT2D eigenvalue weighted by atomic mass is 16.2. The summed E-state index contributed by atoms with van der Waals surface area (Å²) in [5, 5.41) is 11.2. The molecule has 0 aliphatic rings. The summed E-state index contributed by atoms with van der Waals surface area (Å²) in [5.74, 6) is 3.98. The predicted molar refractivity (Wildman–Crippen MR) is 73.5 cm³/mol. The summed E-state index contributed by atoms with van der Waals surface area (Å²) in [6.07, 6.45) is 2.85. The Balaban J connectivity index is 2.89. The van der Waals surface area contributed by atoms with Crippen LogP contribution in [0, 0.1) is 17.8 Å². The van der Waals surface area contributed by atoms with Crippen LogP contribution in [0.15, 0.2) is 18.5 Å². The van der Waals surface area contributed by atoms with Crippen LogP contribution in [-0.4, -0.2) is 34.6 Å². The van der Waals surface area contributed by atoms with Gasteiger partial charge in [0, 0.05) is 18.0 Å². The SMILES string of the molecule is CC(C)C(NC(=O)c1cncc(C#CCO)c1)C(N)=O. The number of primary amides is 1. The maximum atomic E-state index is 12.0. The number of hydrogen-bond donors (Lipinski definition) is 3. The van der Waals surface area contributed by atoms with Gasteiger partial charge in [-0.3, -0.25) is 14.6 Å². The third-order valence-electron chi connectivity index (χ3n) is 2.57. The zero-order valence-corrected chi connectivity index (χ0v) is 11.4. The molecule has 0 fully saturated rings. The van der Waals surface area contributed by atoms with Crippen molar-refractivity contribution in [2.24, 2.45) is 11.7 Å². The van der Waals surface area contributed by atoms with Crippen molar-refractivity contribution in [3.63, 3.8) is 0 Å². The van der Waals surface area contributed by atoms with E-state index in [2.05, 4.69) is 22.1 Å². The van der Waals surface area contributed by atoms with Crippen molar-refractivity contribution < 1.29 is 14.7 Å². The molecule has 1 heterocycles. The van der Waals surface area contributed by atoms with Crippen molar-refractivity contribution in [2.75, 3.05) is 6.61 Å². The number of aliphatic hydroxyl groups excluding tert-OH is 1. The van der Waals surface area contributed by atoms with E-state index in [1.54, 1.807) is 13.8 Å². The number of carbonyl (C=O) groups is 2. The second-order valence-corrected chi connectivity index (χ2v) is 4.52. The fraction of sp³-hybridized carbons (Fsp3) is 0.357. The van der Waals surface area contributed by atoms with E-state index in [0.717, 1.165) is 0 Å². The number of carbonyl (C=O) groups excluding carboxylic acids is 2. The molecule has 1 aromatic heterocycles. The van der Waals surface area contributed by atoms with Crippen molar-refractivity contribution in [2.45, 2.75) is 19.9 Å². The quantitative estimate of drug-likeness (QED) is 0.654. The number of rotatable bonds is 4. The van der Waals surface area contributed by atoms with Gasteiger partial charge in [-0.2, -0.15) is 0 Å². The fourth-order valence-corrected chi connectivity index (χ4v) is 1.56. The van der Waals surface area contributed by atoms with Crippen LogP contribution >= 0.6 is 0 Å². The Labute approximate surface area is 117 Å². The third kappa shape index (κ3) is 4.37. The van der Waals surface area contributed by atoms with Crippen LogP contribution in [-0.2, 0) is 4.79 Å². The summed E-state index contributed by atoms with van der Waals surface area (Å²) >= 11 is 0. The zero-order chi connectivity index (χ0) is 15.1. The number of hydrogen-bond acceptors (Lipinski definition) is 4. The van der Waals surface area contributed by atoms with Gasteiger partial charge in [0.2, 0.25) is 5.91 Å². The van der Waals surface area contributed by atoms with E-state index in [-0.39, 0.29) is 18.1 Å². The first-order chi connectivity index (χ1) is 9.45. The molecule has 0 bridgehead atoms. The van der Waals surface area contributed by atoms with Crippen molar-refractivity contribution >= 4 is 11.8 Å². The molecule has 0 radical (unpaired) electrons. The average molecular weight is 275 g/mol. The lowest BCUT2D eigenvalue weighted by Gasteiger charge is -2.18. The van der Waals surface area contributed by atoms with E-state index in [0.29, 0.717) is 5.56 Å². The lowest BCUT2D eigenvalue weighted by atomic mass is 10.0. The van der Waals surface area contributed by atoms with Gasteiger partial charge in [-0.1, -0.05) is 25.7 Å². The Morgan fingerprint density at radius 1 is 1.45 bits per heavy atom. The molecule has 1 unspecified atom stereocenters. The summed E-state index contributed by atoms with van der Waals surface area (Å²) in [5.41, 5.74) is 6.03. The molecular weight excluding hydrogens is 258 g/mol. The first-order valence-electron chi connectivity index (χ1n) is 6.10. The van der Waals surface area contributed by atoms with Gasteiger partial charge >= 0.3 is 0 Å². The van der Waals surface area contributed by atoms with E-state index in [1.165, 1.54) is 18.5 Å². The number of nitrogens with one attached hydrogen (secondary N) is 1. The van der Waals surface area contributed by atoms with E-state index < -0.39 is 17.9 Å². The van der Waals surface area contributed by atoms with Crippen LogP contribution in [0.1, 0.15) is 29.8 Å². The number of pyridine rings is 1. The van der Waals surface area contributed by atoms with Gasteiger partial charge in [0.1, 0.15) is 12.6 Å². The molecule has 1 atom stereocenters. The Hall–Kier alpha value is -2.39. The van der Waals surface area contributed by atoms with Crippen LogP contribution in [0.5, 0.6) is 0 Å². The molecule has 0 saturated heterocycles. The molecule has 2 amide bonds. The first kappa shape index (κ1) is 15.7. The molecule has 106 valence electrons. The summed E-state index contributed by atoms with van der Waals surface area (Å²) in [6.45, 7) is 3.31. The van der Waals surface area contributed by atoms with Gasteiger partial charge in [0.05, 0.1) is 5.56 Å². The van der Waals surface area contributed by atoms with Crippen LogP contribution in [0.3, 0.4) is 0 Å². The number of nitrogens with two attached hydrogens (primary N) is 1. The second kappa shape index (κ2) is 7.26. The van der Waals surface area contributed by atoms with Gasteiger partial charge in [0.25, 0.3) is 5.91 Å². The number of amides is 2. The van der Waals surface area contributed by atoms with Crippen LogP contribution in [0.4, 0.5) is 0 Å². The summed E-state index contributed by atoms with van der Waals surface area (Å²) in [6, 6.07) is 0.790. The maximum Gasteiger partial charge on any atom is 0.253 e. The van der Waals surface area contributed by atoms with E-state index in [1.807, 2.05) is 0 Å². The van der Waals surface area contributed by atoms with Gasteiger partial charge in [0.15, 0.2) is 0 Å². The third-order valence-corrected chi connectivity index (χ3v) is 2.57. The van der Waals surface area contributed by atoms with Gasteiger partial charge in [-0.25, -0.2) is 0 Å². The standard InChI is InChI=1S/C14H17N3O3/c1-9(2)12(13(15)19)17-14(20)11-6-10(4-3-5-18)7-16-8-11/h6-9,12,18H,5H2,1-2H3,(H2,15,19)(H,17,20). The smallest absolute Gasteiger partial charge is 0.253 e. The minimum absolute atomic E-state index is 0.109. The summed E-state index contributed by atoms with van der Waals surface area (Å²) < 4.78 is 0. The van der Waals surface area contributed by atoms with Crippen molar-refractivity contribution in [1.29, 1.82) is 0 Å². The largest absolute Gasteiger partial charge is 0.384 e. The van der Waals surface area contributed by atoms with Gasteiger partial charge in [-0.05, 0) is 12.0 Å². The molecule has 4 N–H and O–H groups in total. The topological polar surface area (TPSA) is 105 Å². The molecule has 20 heavy (non-hydrogen) atoms. The van der Waals surface area contributed by atoms with Crippen LogP contribution in [0.2, 0.25) is 0 Å². The lowest BCUT2D eigenvalue weighted by Crippen LogP contribution is -2.47. The maximum absolute atomic E-state index is 12.0. The number of aliphatic hydroxyl groups is 1. The Morgan fingerprint density at radius 3 is 2.70 bits per heavy atom. The molecule has 0 spiro atoms. The van der Waals surface area contributed by atoms with Crippen molar-refractivity contribution in [3.05, 3.63) is 29.6 Å². The second-order valence-electron chi connectivity index (χ2n) is 4.52. The van der Waals surface area contributed by atoms with E-state index in [4.69, 9.17) is 10.8 Å². The molecule has 6 nitrogen and oxygen atoms in total. The highest BCUT2D eigenvalue weighted by Gasteiger charge is 2.22. The highest BCUT2D eigenvalue weighted by Crippen LogP contribution is 2.05. The minimum atomic E-state index is -0.741. The highest BCUT2D eigenvalue weighted by molar-refractivity contribution is 5.97. The first-order valence-corrected chi connectivity index (χ1v) is 6.10. The number of aromatic nitrogens is 1. The van der Waals surface area contributed by atoms with Gasteiger partial charge in [-0.15, -0.1) is 0 Å². The molecule has 1 rings (SSSR count). The Kier molecular flexibility index (Phi) is 5.69. The average Bonchev–Trinajstić information content (AvgIpc) is 2.41. The Bertz CT molecular complexity index is 558. The molecule has 1 aromatic rings. The fourth-order valence-electron chi connectivity index (χ4n) is 1.56. The molecule has 0 saturated carbocycles. The number of nitrogens with zero attached hydrogens (tertiary/aromatic N) is 1. The van der Waals surface area contributed by atoms with Crippen molar-refractivity contribution in [3.8, 4) is 11.8 Å². The monoisotopic (exact) mass is 275 g/mol. The summed E-state index contributed by atoms with van der Waals surface area (Å²) in [4.78, 5) is 27.2. The molecular formula is C14H17N3O3. The Morgan fingerprint density at radius 2 is 2.15 bits per heavy atom. The predicted octanol–water partition coefficient (Wildman–Crippen LogP) is -0.335. The van der Waals surface area contributed by atoms with Crippen molar-refractivity contribution in [1.82, 2.24) is 10.3 Å². The lowest BCUT2D eigenvalue weighted by molar-refractivity contribution is -0.120. The van der Waals surface area contributed by atoms with Crippen LogP contribution < -0.4 is 11.1 Å². The summed E-state index contributed by atoms with van der Waals surface area (Å²) in [7, 11) is 0. The molecule has 0 aliphatic heterocycles. The molecule has 0 aliphatic carbocycles. The minimum Gasteiger partial charge on any atom is -0.384 e. The van der Waals surface area contributed by atoms with E-state index in [9.17, 15) is 9.59 Å².